The van der Waals surface area contributed by atoms with Crippen molar-refractivity contribution in [2.45, 2.75) is 52.0 Å². The minimum Gasteiger partial charge on any atom is -0.349 e. The van der Waals surface area contributed by atoms with Crippen molar-refractivity contribution >= 4 is 5.91 Å². The number of hydrogen-bond acceptors (Lipinski definition) is 2. The lowest BCUT2D eigenvalue weighted by Crippen LogP contribution is -2.37. The normalized spacial score (nSPS) is 15.0. The van der Waals surface area contributed by atoms with Crippen LogP contribution in [0.5, 0.6) is 0 Å². The van der Waals surface area contributed by atoms with Gasteiger partial charge in [0.05, 0.1) is 11.4 Å². The molecule has 0 radical (unpaired) electrons. The van der Waals surface area contributed by atoms with Gasteiger partial charge in [0.15, 0.2) is 0 Å². The first-order valence-corrected chi connectivity index (χ1v) is 10.1. The van der Waals surface area contributed by atoms with E-state index in [1.54, 1.807) is 4.68 Å². The maximum Gasteiger partial charge on any atom is 0.270 e. The lowest BCUT2D eigenvalue weighted by molar-refractivity contribution is 0.0920. The minimum absolute atomic E-state index is 0.0418. The smallest absolute Gasteiger partial charge is 0.270 e. The van der Waals surface area contributed by atoms with Gasteiger partial charge < -0.3 is 9.88 Å². The summed E-state index contributed by atoms with van der Waals surface area (Å²) in [6, 6.07) is 12.4. The standard InChI is InChI=1S/C23H28N4O/c1-16-11-12-20(17(2)14-16)27-22(23(28)24-18-8-5-4-6-9-18)15-19(25-27)21-10-7-13-26(21)3/h7,10-15,18H,4-6,8-9H2,1-3H3,(H,24,28). The van der Waals surface area contributed by atoms with Crippen LogP contribution in [0.1, 0.15) is 53.7 Å². The summed E-state index contributed by atoms with van der Waals surface area (Å²) >= 11 is 0. The Morgan fingerprint density at radius 3 is 2.57 bits per heavy atom. The largest absolute Gasteiger partial charge is 0.349 e. The molecule has 2 aromatic heterocycles. The van der Waals surface area contributed by atoms with Crippen LogP contribution in [0, 0.1) is 13.8 Å². The number of aryl methyl sites for hydroxylation is 3. The Morgan fingerprint density at radius 2 is 1.89 bits per heavy atom. The van der Waals surface area contributed by atoms with Crippen LogP contribution in [0.15, 0.2) is 42.6 Å². The van der Waals surface area contributed by atoms with E-state index in [1.165, 1.54) is 24.8 Å². The molecule has 0 spiro atoms. The minimum atomic E-state index is -0.0418. The third kappa shape index (κ3) is 3.61. The van der Waals surface area contributed by atoms with Gasteiger partial charge in [0, 0.05) is 19.3 Å². The zero-order valence-corrected chi connectivity index (χ0v) is 16.9. The molecule has 4 rings (SSSR count). The van der Waals surface area contributed by atoms with Crippen molar-refractivity contribution in [3.05, 3.63) is 59.4 Å². The summed E-state index contributed by atoms with van der Waals surface area (Å²) in [5.41, 5.74) is 5.64. The van der Waals surface area contributed by atoms with Crippen molar-refractivity contribution in [1.82, 2.24) is 19.7 Å². The van der Waals surface area contributed by atoms with E-state index in [-0.39, 0.29) is 11.9 Å². The lowest BCUT2D eigenvalue weighted by atomic mass is 9.95. The van der Waals surface area contributed by atoms with Crippen molar-refractivity contribution in [3.63, 3.8) is 0 Å². The van der Waals surface area contributed by atoms with E-state index in [0.717, 1.165) is 35.5 Å². The summed E-state index contributed by atoms with van der Waals surface area (Å²) in [6.07, 6.45) is 7.77. The molecule has 0 unspecified atom stereocenters. The van der Waals surface area contributed by atoms with Gasteiger partial charge in [-0.05, 0) is 56.5 Å². The van der Waals surface area contributed by atoms with Crippen LogP contribution in [0.3, 0.4) is 0 Å². The van der Waals surface area contributed by atoms with E-state index in [1.807, 2.05) is 42.1 Å². The molecule has 1 aliphatic carbocycles. The Balaban J connectivity index is 1.75. The highest BCUT2D eigenvalue weighted by molar-refractivity contribution is 5.94. The first-order valence-electron chi connectivity index (χ1n) is 10.1. The topological polar surface area (TPSA) is 51.9 Å². The van der Waals surface area contributed by atoms with Gasteiger partial charge in [-0.15, -0.1) is 0 Å². The van der Waals surface area contributed by atoms with Gasteiger partial charge in [0.25, 0.3) is 5.91 Å². The number of rotatable bonds is 4. The van der Waals surface area contributed by atoms with E-state index in [9.17, 15) is 4.79 Å². The zero-order chi connectivity index (χ0) is 19.7. The summed E-state index contributed by atoms with van der Waals surface area (Å²) in [5.74, 6) is -0.0418. The van der Waals surface area contributed by atoms with Crippen LogP contribution in [-0.2, 0) is 7.05 Å². The molecular formula is C23H28N4O. The molecule has 1 amide bonds. The first kappa shape index (κ1) is 18.5. The molecule has 1 aromatic carbocycles. The lowest BCUT2D eigenvalue weighted by Gasteiger charge is -2.23. The van der Waals surface area contributed by atoms with Gasteiger partial charge in [0.2, 0.25) is 0 Å². The molecule has 1 aliphatic rings. The predicted octanol–water partition coefficient (Wildman–Crippen LogP) is 4.56. The quantitative estimate of drug-likeness (QED) is 0.726. The second-order valence-corrected chi connectivity index (χ2v) is 7.93. The van der Waals surface area contributed by atoms with Crippen LogP contribution in [0.4, 0.5) is 0 Å². The Hall–Kier alpha value is -2.82. The number of amides is 1. The maximum absolute atomic E-state index is 13.2. The van der Waals surface area contributed by atoms with Crippen molar-refractivity contribution in [2.24, 2.45) is 7.05 Å². The van der Waals surface area contributed by atoms with Gasteiger partial charge in [-0.2, -0.15) is 5.10 Å². The average molecular weight is 377 g/mol. The third-order valence-electron chi connectivity index (χ3n) is 5.67. The van der Waals surface area contributed by atoms with Gasteiger partial charge in [-0.1, -0.05) is 37.0 Å². The summed E-state index contributed by atoms with van der Waals surface area (Å²) < 4.78 is 3.83. The highest BCUT2D eigenvalue weighted by Gasteiger charge is 2.23. The van der Waals surface area contributed by atoms with Crippen LogP contribution < -0.4 is 5.32 Å². The van der Waals surface area contributed by atoms with Crippen molar-refractivity contribution in [3.8, 4) is 17.1 Å². The van der Waals surface area contributed by atoms with Crippen LogP contribution >= 0.6 is 0 Å². The first-order chi connectivity index (χ1) is 13.5. The number of hydrogen-bond donors (Lipinski definition) is 1. The Bertz CT molecular complexity index is 992. The number of nitrogens with one attached hydrogen (secondary N) is 1. The number of carbonyl (C=O) groups excluding carboxylic acids is 1. The molecule has 0 atom stereocenters. The fraction of sp³-hybridized carbons (Fsp3) is 0.391. The molecular weight excluding hydrogens is 348 g/mol. The van der Waals surface area contributed by atoms with Gasteiger partial charge >= 0.3 is 0 Å². The molecule has 1 fully saturated rings. The van der Waals surface area contributed by atoms with E-state index in [2.05, 4.69) is 31.3 Å². The molecule has 2 heterocycles. The molecule has 1 N–H and O–H groups in total. The van der Waals surface area contributed by atoms with Gasteiger partial charge in [0.1, 0.15) is 11.4 Å². The fourth-order valence-electron chi connectivity index (χ4n) is 4.13. The van der Waals surface area contributed by atoms with E-state index >= 15 is 0 Å². The van der Waals surface area contributed by atoms with Crippen LogP contribution in [-0.4, -0.2) is 26.3 Å². The van der Waals surface area contributed by atoms with Crippen molar-refractivity contribution in [2.75, 3.05) is 0 Å². The Labute approximate surface area is 166 Å². The Kier molecular flexibility index (Phi) is 5.07. The highest BCUT2D eigenvalue weighted by Crippen LogP contribution is 2.25. The molecule has 1 saturated carbocycles. The van der Waals surface area contributed by atoms with Crippen molar-refractivity contribution in [1.29, 1.82) is 0 Å². The van der Waals surface area contributed by atoms with Gasteiger partial charge in [-0.3, -0.25) is 4.79 Å². The maximum atomic E-state index is 13.2. The summed E-state index contributed by atoms with van der Waals surface area (Å²) in [4.78, 5) is 13.2. The number of benzene rings is 1. The zero-order valence-electron chi connectivity index (χ0n) is 16.9. The van der Waals surface area contributed by atoms with Gasteiger partial charge in [-0.25, -0.2) is 4.68 Å². The molecule has 0 bridgehead atoms. The van der Waals surface area contributed by atoms with E-state index in [0.29, 0.717) is 5.69 Å². The molecule has 0 saturated heterocycles. The van der Waals surface area contributed by atoms with Crippen molar-refractivity contribution < 1.29 is 4.79 Å². The molecule has 0 aliphatic heterocycles. The SMILES string of the molecule is Cc1ccc(-n2nc(-c3cccn3C)cc2C(=O)NC2CCCCC2)c(C)c1. The summed E-state index contributed by atoms with van der Waals surface area (Å²) in [7, 11) is 1.99. The highest BCUT2D eigenvalue weighted by atomic mass is 16.2. The molecule has 3 aromatic rings. The average Bonchev–Trinajstić information content (AvgIpc) is 3.29. The predicted molar refractivity (Wildman–Crippen MR) is 112 cm³/mol. The second-order valence-electron chi connectivity index (χ2n) is 7.93. The van der Waals surface area contributed by atoms with Crippen LogP contribution in [0.2, 0.25) is 0 Å². The van der Waals surface area contributed by atoms with E-state index < -0.39 is 0 Å². The monoisotopic (exact) mass is 376 g/mol. The Morgan fingerprint density at radius 1 is 1.11 bits per heavy atom. The molecule has 28 heavy (non-hydrogen) atoms. The summed E-state index contributed by atoms with van der Waals surface area (Å²) in [6.45, 7) is 4.14. The van der Waals surface area contributed by atoms with Crippen LogP contribution in [0.25, 0.3) is 17.1 Å². The molecule has 5 nitrogen and oxygen atoms in total. The molecule has 146 valence electrons. The fourth-order valence-corrected chi connectivity index (χ4v) is 4.13. The number of aromatic nitrogens is 3. The molecule has 5 heteroatoms. The number of carbonyl (C=O) groups is 1. The second kappa shape index (κ2) is 7.66. The summed E-state index contributed by atoms with van der Waals surface area (Å²) in [5, 5.41) is 8.07. The number of nitrogens with zero attached hydrogens (tertiary/aromatic N) is 3. The third-order valence-corrected chi connectivity index (χ3v) is 5.67. The van der Waals surface area contributed by atoms with E-state index in [4.69, 9.17) is 5.10 Å².